The summed E-state index contributed by atoms with van der Waals surface area (Å²) in [5, 5.41) is 10.4. The van der Waals surface area contributed by atoms with E-state index in [9.17, 15) is 9.59 Å². The summed E-state index contributed by atoms with van der Waals surface area (Å²) in [4.78, 5) is 26.4. The van der Waals surface area contributed by atoms with Crippen LogP contribution >= 0.6 is 0 Å². The highest BCUT2D eigenvalue weighted by Crippen LogP contribution is 2.28. The van der Waals surface area contributed by atoms with Crippen molar-refractivity contribution in [1.29, 1.82) is 0 Å². The monoisotopic (exact) mass is 307 g/mol. The number of nitrogens with one attached hydrogen (secondary N) is 2. The minimum atomic E-state index is -0.693. The second kappa shape index (κ2) is 6.91. The number of piperidine rings is 1. The first-order valence-corrected chi connectivity index (χ1v) is 7.71. The van der Waals surface area contributed by atoms with E-state index in [1.54, 1.807) is 17.9 Å². The molecule has 1 aliphatic heterocycles. The summed E-state index contributed by atoms with van der Waals surface area (Å²) >= 11 is 0. The lowest BCUT2D eigenvalue weighted by atomic mass is 9.87. The molecule has 1 aliphatic rings. The molecular formula is C15H25N5O2. The van der Waals surface area contributed by atoms with Crippen molar-refractivity contribution >= 4 is 11.8 Å². The predicted molar refractivity (Wildman–Crippen MR) is 83.2 cm³/mol. The van der Waals surface area contributed by atoms with E-state index in [1.807, 2.05) is 26.1 Å². The number of carbonyl (C=O) groups is 2. The van der Waals surface area contributed by atoms with E-state index in [0.717, 1.165) is 13.1 Å². The van der Waals surface area contributed by atoms with E-state index < -0.39 is 5.54 Å². The summed E-state index contributed by atoms with van der Waals surface area (Å²) in [5.41, 5.74) is -0.693. The van der Waals surface area contributed by atoms with Gasteiger partial charge in [0.1, 0.15) is 5.54 Å². The quantitative estimate of drug-likeness (QED) is 0.799. The fourth-order valence-corrected chi connectivity index (χ4v) is 2.91. The van der Waals surface area contributed by atoms with Gasteiger partial charge in [0.25, 0.3) is 5.91 Å². The van der Waals surface area contributed by atoms with Crippen molar-refractivity contribution in [2.45, 2.75) is 38.3 Å². The summed E-state index contributed by atoms with van der Waals surface area (Å²) < 4.78 is 1.74. The van der Waals surface area contributed by atoms with Gasteiger partial charge in [-0.15, -0.1) is 0 Å². The van der Waals surface area contributed by atoms with Gasteiger partial charge in [0.15, 0.2) is 0 Å². The zero-order chi connectivity index (χ0) is 16.2. The third-order valence-corrected chi connectivity index (χ3v) is 3.95. The van der Waals surface area contributed by atoms with Crippen molar-refractivity contribution in [3.05, 3.63) is 18.5 Å². The maximum Gasteiger partial charge on any atom is 0.250 e. The SMILES string of the molecule is CC(C)NC(=O)CN(C)C(=O)C1(n2cccn2)CCNCC1. The van der Waals surface area contributed by atoms with Crippen LogP contribution in [-0.4, -0.2) is 59.2 Å². The van der Waals surface area contributed by atoms with Crippen LogP contribution in [0.4, 0.5) is 0 Å². The number of likely N-dealkylation sites (N-methyl/N-ethyl adjacent to an activating group) is 1. The molecule has 2 rings (SSSR count). The third-order valence-electron chi connectivity index (χ3n) is 3.95. The van der Waals surface area contributed by atoms with Gasteiger partial charge in [0.05, 0.1) is 6.54 Å². The molecule has 22 heavy (non-hydrogen) atoms. The number of rotatable bonds is 5. The van der Waals surface area contributed by atoms with E-state index in [1.165, 1.54) is 4.90 Å². The fraction of sp³-hybridized carbons (Fsp3) is 0.667. The van der Waals surface area contributed by atoms with Crippen LogP contribution in [-0.2, 0) is 15.1 Å². The fourth-order valence-electron chi connectivity index (χ4n) is 2.91. The highest BCUT2D eigenvalue weighted by atomic mass is 16.2. The Bertz CT molecular complexity index is 506. The molecule has 0 unspecified atom stereocenters. The zero-order valence-corrected chi connectivity index (χ0v) is 13.5. The molecule has 0 atom stereocenters. The van der Waals surface area contributed by atoms with Crippen LogP contribution in [0.2, 0.25) is 0 Å². The number of aromatic nitrogens is 2. The Hall–Kier alpha value is -1.89. The first-order valence-electron chi connectivity index (χ1n) is 7.71. The second-order valence-electron chi connectivity index (χ2n) is 6.12. The Morgan fingerprint density at radius 1 is 1.41 bits per heavy atom. The largest absolute Gasteiger partial charge is 0.352 e. The Morgan fingerprint density at radius 2 is 2.09 bits per heavy atom. The molecule has 2 heterocycles. The minimum absolute atomic E-state index is 0.0587. The number of amides is 2. The van der Waals surface area contributed by atoms with E-state index in [0.29, 0.717) is 12.8 Å². The standard InChI is InChI=1S/C15H25N5O2/c1-12(2)18-13(21)11-19(3)14(22)15(5-8-16-9-6-15)20-10-4-7-17-20/h4,7,10,12,16H,5-6,8-9,11H2,1-3H3,(H,18,21). The van der Waals surface area contributed by atoms with Gasteiger partial charge in [0, 0.05) is 25.5 Å². The molecule has 0 radical (unpaired) electrons. The molecule has 0 bridgehead atoms. The number of nitrogens with zero attached hydrogens (tertiary/aromatic N) is 3. The zero-order valence-electron chi connectivity index (χ0n) is 13.5. The van der Waals surface area contributed by atoms with Gasteiger partial charge >= 0.3 is 0 Å². The molecule has 7 heteroatoms. The van der Waals surface area contributed by atoms with Crippen LogP contribution in [0.25, 0.3) is 0 Å². The van der Waals surface area contributed by atoms with E-state index >= 15 is 0 Å². The lowest BCUT2D eigenvalue weighted by Crippen LogP contribution is -2.56. The number of hydrogen-bond donors (Lipinski definition) is 2. The van der Waals surface area contributed by atoms with Crippen LogP contribution in [0.3, 0.4) is 0 Å². The van der Waals surface area contributed by atoms with Gasteiger partial charge in [-0.05, 0) is 45.8 Å². The average Bonchev–Trinajstić information content (AvgIpc) is 3.00. The van der Waals surface area contributed by atoms with Crippen LogP contribution in [0, 0.1) is 0 Å². The third kappa shape index (κ3) is 3.47. The highest BCUT2D eigenvalue weighted by Gasteiger charge is 2.43. The second-order valence-corrected chi connectivity index (χ2v) is 6.12. The van der Waals surface area contributed by atoms with Crippen molar-refractivity contribution in [3.63, 3.8) is 0 Å². The summed E-state index contributed by atoms with van der Waals surface area (Å²) in [6, 6.07) is 1.89. The first kappa shape index (κ1) is 16.5. The van der Waals surface area contributed by atoms with Gasteiger partial charge in [0.2, 0.25) is 5.91 Å². The van der Waals surface area contributed by atoms with Crippen molar-refractivity contribution in [1.82, 2.24) is 25.3 Å². The van der Waals surface area contributed by atoms with E-state index in [4.69, 9.17) is 0 Å². The molecule has 0 saturated carbocycles. The normalized spacial score (nSPS) is 17.3. The topological polar surface area (TPSA) is 79.3 Å². The summed E-state index contributed by atoms with van der Waals surface area (Å²) in [6.45, 7) is 5.39. The summed E-state index contributed by atoms with van der Waals surface area (Å²) in [5.74, 6) is -0.202. The molecule has 7 nitrogen and oxygen atoms in total. The lowest BCUT2D eigenvalue weighted by molar-refractivity contribution is -0.144. The average molecular weight is 307 g/mol. The molecule has 0 aromatic carbocycles. The Morgan fingerprint density at radius 3 is 2.64 bits per heavy atom. The van der Waals surface area contributed by atoms with Crippen molar-refractivity contribution in [3.8, 4) is 0 Å². The van der Waals surface area contributed by atoms with Gasteiger partial charge in [-0.3, -0.25) is 14.3 Å². The lowest BCUT2D eigenvalue weighted by Gasteiger charge is -2.39. The van der Waals surface area contributed by atoms with Crippen LogP contribution in [0.1, 0.15) is 26.7 Å². The van der Waals surface area contributed by atoms with Crippen LogP contribution in [0.5, 0.6) is 0 Å². The number of hydrogen-bond acceptors (Lipinski definition) is 4. The van der Waals surface area contributed by atoms with Gasteiger partial charge in [-0.25, -0.2) is 0 Å². The maximum atomic E-state index is 13.0. The molecule has 122 valence electrons. The molecular weight excluding hydrogens is 282 g/mol. The molecule has 2 N–H and O–H groups in total. The predicted octanol–water partition coefficient (Wildman–Crippen LogP) is -0.0552. The molecule has 0 aliphatic carbocycles. The van der Waals surface area contributed by atoms with Gasteiger partial charge in [-0.2, -0.15) is 5.10 Å². The molecule has 1 fully saturated rings. The highest BCUT2D eigenvalue weighted by molar-refractivity contribution is 5.89. The van der Waals surface area contributed by atoms with Crippen molar-refractivity contribution < 1.29 is 9.59 Å². The minimum Gasteiger partial charge on any atom is -0.352 e. The Balaban J connectivity index is 2.14. The summed E-state index contributed by atoms with van der Waals surface area (Å²) in [6.07, 6.45) is 4.85. The molecule has 1 aromatic heterocycles. The van der Waals surface area contributed by atoms with Crippen LogP contribution in [0.15, 0.2) is 18.5 Å². The molecule has 2 amide bonds. The summed E-state index contributed by atoms with van der Waals surface area (Å²) in [7, 11) is 1.68. The number of carbonyl (C=O) groups excluding carboxylic acids is 2. The molecule has 1 saturated heterocycles. The van der Waals surface area contributed by atoms with Crippen molar-refractivity contribution in [2.75, 3.05) is 26.7 Å². The molecule has 0 spiro atoms. The maximum absolute atomic E-state index is 13.0. The van der Waals surface area contributed by atoms with Gasteiger partial charge < -0.3 is 15.5 Å². The smallest absolute Gasteiger partial charge is 0.250 e. The first-order chi connectivity index (χ1) is 10.5. The van der Waals surface area contributed by atoms with E-state index in [2.05, 4.69) is 15.7 Å². The van der Waals surface area contributed by atoms with Crippen LogP contribution < -0.4 is 10.6 Å². The molecule has 1 aromatic rings. The van der Waals surface area contributed by atoms with Crippen molar-refractivity contribution in [2.24, 2.45) is 0 Å². The van der Waals surface area contributed by atoms with Gasteiger partial charge in [-0.1, -0.05) is 0 Å². The Kier molecular flexibility index (Phi) is 5.18. The Labute approximate surface area is 131 Å². The van der Waals surface area contributed by atoms with E-state index in [-0.39, 0.29) is 24.4 Å².